The number of benzene rings is 1. The summed E-state index contributed by atoms with van der Waals surface area (Å²) in [6.07, 6.45) is 0. The molecule has 2 N–H and O–H groups in total. The van der Waals surface area contributed by atoms with Crippen LogP contribution in [0.25, 0.3) is 11.3 Å². The summed E-state index contributed by atoms with van der Waals surface area (Å²) in [5, 5.41) is 7.45. The number of aromatic nitrogens is 2. The Morgan fingerprint density at radius 2 is 1.88 bits per heavy atom. The second-order valence-electron chi connectivity index (χ2n) is 3.42. The van der Waals surface area contributed by atoms with Gasteiger partial charge in [0, 0.05) is 11.6 Å². The van der Waals surface area contributed by atoms with Crippen molar-refractivity contribution in [2.75, 3.05) is 5.73 Å². The molecule has 0 bridgehead atoms. The van der Waals surface area contributed by atoms with Crippen molar-refractivity contribution >= 4 is 5.82 Å². The number of nitrogens with two attached hydrogens (primary N) is 1. The highest BCUT2D eigenvalue weighted by atomic mass is 19.1. The Balaban J connectivity index is 2.54. The fourth-order valence-electron chi connectivity index (χ4n) is 1.32. The van der Waals surface area contributed by atoms with Crippen molar-refractivity contribution in [2.24, 2.45) is 0 Å². The van der Waals surface area contributed by atoms with E-state index in [-0.39, 0.29) is 5.56 Å². The van der Waals surface area contributed by atoms with E-state index in [2.05, 4.69) is 10.2 Å². The molecule has 1 aromatic heterocycles. The van der Waals surface area contributed by atoms with Gasteiger partial charge >= 0.3 is 0 Å². The maximum absolute atomic E-state index is 13.4. The number of nitrogen functional groups attached to an aromatic ring is 1. The Bertz CT molecular complexity index is 541. The maximum Gasteiger partial charge on any atom is 0.149 e. The molecule has 0 spiro atoms. The van der Waals surface area contributed by atoms with Crippen molar-refractivity contribution in [1.82, 2.24) is 10.2 Å². The van der Waals surface area contributed by atoms with Crippen LogP contribution in [0, 0.1) is 18.6 Å². The molecule has 1 heterocycles. The summed E-state index contributed by atoms with van der Waals surface area (Å²) in [5.41, 5.74) is 6.75. The van der Waals surface area contributed by atoms with Crippen molar-refractivity contribution in [3.8, 4) is 11.3 Å². The zero-order chi connectivity index (χ0) is 11.7. The van der Waals surface area contributed by atoms with E-state index in [9.17, 15) is 8.78 Å². The molecule has 2 rings (SSSR count). The summed E-state index contributed by atoms with van der Waals surface area (Å²) < 4.78 is 26.1. The number of anilines is 1. The average Bonchev–Trinajstić information content (AvgIpc) is 2.22. The molecule has 5 heteroatoms. The Kier molecular flexibility index (Phi) is 2.52. The first-order chi connectivity index (χ1) is 7.58. The smallest absolute Gasteiger partial charge is 0.149 e. The number of hydrogen-bond donors (Lipinski definition) is 1. The number of rotatable bonds is 1. The average molecular weight is 221 g/mol. The minimum absolute atomic E-state index is 0.206. The van der Waals surface area contributed by atoms with Crippen molar-refractivity contribution in [1.29, 1.82) is 0 Å². The summed E-state index contributed by atoms with van der Waals surface area (Å²) in [4.78, 5) is 0. The van der Waals surface area contributed by atoms with Crippen LogP contribution in [-0.2, 0) is 0 Å². The van der Waals surface area contributed by atoms with Gasteiger partial charge in [0.1, 0.15) is 17.5 Å². The van der Waals surface area contributed by atoms with E-state index < -0.39 is 11.6 Å². The predicted molar refractivity (Wildman–Crippen MR) is 56.5 cm³/mol. The normalized spacial score (nSPS) is 10.4. The molecule has 16 heavy (non-hydrogen) atoms. The zero-order valence-electron chi connectivity index (χ0n) is 8.54. The summed E-state index contributed by atoms with van der Waals surface area (Å²) in [6, 6.07) is 4.91. The third-order valence-electron chi connectivity index (χ3n) is 2.23. The molecule has 82 valence electrons. The van der Waals surface area contributed by atoms with Crippen LogP contribution in [0.2, 0.25) is 0 Å². The van der Waals surface area contributed by atoms with E-state index >= 15 is 0 Å². The molecule has 0 atom stereocenters. The second kappa shape index (κ2) is 3.84. The van der Waals surface area contributed by atoms with Crippen LogP contribution in [-0.4, -0.2) is 10.2 Å². The molecule has 0 saturated heterocycles. The van der Waals surface area contributed by atoms with Gasteiger partial charge in [0.05, 0.1) is 5.69 Å². The molecule has 0 fully saturated rings. The van der Waals surface area contributed by atoms with E-state index in [0.717, 1.165) is 6.07 Å². The molecule has 0 saturated carbocycles. The number of halogens is 2. The SMILES string of the molecule is Cc1cc(-c2ccc(F)cc2F)nnc1N. The molecule has 2 aromatic rings. The van der Waals surface area contributed by atoms with E-state index in [1.54, 1.807) is 13.0 Å². The lowest BCUT2D eigenvalue weighted by atomic mass is 10.1. The highest BCUT2D eigenvalue weighted by Gasteiger charge is 2.09. The Hall–Kier alpha value is -2.04. The Morgan fingerprint density at radius 3 is 2.50 bits per heavy atom. The molecule has 0 aliphatic rings. The largest absolute Gasteiger partial charge is 0.382 e. The first-order valence-electron chi connectivity index (χ1n) is 4.63. The molecular formula is C11H9F2N3. The fraction of sp³-hybridized carbons (Fsp3) is 0.0909. The molecule has 1 aromatic carbocycles. The van der Waals surface area contributed by atoms with Crippen molar-refractivity contribution < 1.29 is 8.78 Å². The fourth-order valence-corrected chi connectivity index (χ4v) is 1.32. The van der Waals surface area contributed by atoms with E-state index in [1.807, 2.05) is 0 Å². The van der Waals surface area contributed by atoms with Crippen LogP contribution in [0.15, 0.2) is 24.3 Å². The monoisotopic (exact) mass is 221 g/mol. The Morgan fingerprint density at radius 1 is 1.12 bits per heavy atom. The molecular weight excluding hydrogens is 212 g/mol. The van der Waals surface area contributed by atoms with Crippen LogP contribution in [0.4, 0.5) is 14.6 Å². The van der Waals surface area contributed by atoms with Gasteiger partial charge in [-0.3, -0.25) is 0 Å². The van der Waals surface area contributed by atoms with Crippen LogP contribution in [0.1, 0.15) is 5.56 Å². The van der Waals surface area contributed by atoms with Gasteiger partial charge in [-0.25, -0.2) is 8.78 Å². The molecule has 0 radical (unpaired) electrons. The minimum Gasteiger partial charge on any atom is -0.382 e. The molecule has 0 aliphatic heterocycles. The van der Waals surface area contributed by atoms with Crippen molar-refractivity contribution in [3.05, 3.63) is 41.5 Å². The molecule has 0 amide bonds. The minimum atomic E-state index is -0.668. The molecule has 0 aliphatic carbocycles. The van der Waals surface area contributed by atoms with Gasteiger partial charge in [-0.1, -0.05) is 0 Å². The standard InChI is InChI=1S/C11H9F2N3/c1-6-4-10(15-16-11(6)14)8-3-2-7(12)5-9(8)13/h2-5H,1H3,(H2,14,16). The third-order valence-corrected chi connectivity index (χ3v) is 2.23. The summed E-state index contributed by atoms with van der Waals surface area (Å²) in [7, 11) is 0. The number of hydrogen-bond acceptors (Lipinski definition) is 3. The van der Waals surface area contributed by atoms with Crippen LogP contribution < -0.4 is 5.73 Å². The second-order valence-corrected chi connectivity index (χ2v) is 3.42. The van der Waals surface area contributed by atoms with Crippen LogP contribution in [0.5, 0.6) is 0 Å². The lowest BCUT2D eigenvalue weighted by Gasteiger charge is -2.04. The van der Waals surface area contributed by atoms with Gasteiger partial charge in [0.15, 0.2) is 0 Å². The lowest BCUT2D eigenvalue weighted by Crippen LogP contribution is -1.99. The third kappa shape index (κ3) is 1.84. The lowest BCUT2D eigenvalue weighted by molar-refractivity contribution is 0.585. The van der Waals surface area contributed by atoms with Gasteiger partial charge in [0.2, 0.25) is 0 Å². The van der Waals surface area contributed by atoms with Crippen molar-refractivity contribution in [2.45, 2.75) is 6.92 Å². The molecule has 0 unspecified atom stereocenters. The first-order valence-corrected chi connectivity index (χ1v) is 4.63. The van der Waals surface area contributed by atoms with Gasteiger partial charge in [0.25, 0.3) is 0 Å². The van der Waals surface area contributed by atoms with E-state index in [4.69, 9.17) is 5.73 Å². The summed E-state index contributed by atoms with van der Waals surface area (Å²) >= 11 is 0. The van der Waals surface area contributed by atoms with E-state index in [1.165, 1.54) is 12.1 Å². The van der Waals surface area contributed by atoms with Gasteiger partial charge < -0.3 is 5.73 Å². The number of aryl methyl sites for hydroxylation is 1. The highest BCUT2D eigenvalue weighted by Crippen LogP contribution is 2.22. The topological polar surface area (TPSA) is 51.8 Å². The van der Waals surface area contributed by atoms with Gasteiger partial charge in [-0.05, 0) is 30.7 Å². The number of nitrogens with zero attached hydrogens (tertiary/aromatic N) is 2. The summed E-state index contributed by atoms with van der Waals surface area (Å²) in [5.74, 6) is -0.994. The predicted octanol–water partition coefficient (Wildman–Crippen LogP) is 2.31. The van der Waals surface area contributed by atoms with Gasteiger partial charge in [-0.15, -0.1) is 10.2 Å². The highest BCUT2D eigenvalue weighted by molar-refractivity contribution is 5.61. The van der Waals surface area contributed by atoms with Crippen LogP contribution >= 0.6 is 0 Å². The first kappa shape index (κ1) is 10.5. The maximum atomic E-state index is 13.4. The quantitative estimate of drug-likeness (QED) is 0.803. The van der Waals surface area contributed by atoms with Crippen LogP contribution in [0.3, 0.4) is 0 Å². The van der Waals surface area contributed by atoms with Crippen molar-refractivity contribution in [3.63, 3.8) is 0 Å². The molecule has 3 nitrogen and oxygen atoms in total. The Labute approximate surface area is 90.9 Å². The van der Waals surface area contributed by atoms with E-state index in [0.29, 0.717) is 17.1 Å². The zero-order valence-corrected chi connectivity index (χ0v) is 8.54. The summed E-state index contributed by atoms with van der Waals surface area (Å²) in [6.45, 7) is 1.74. The van der Waals surface area contributed by atoms with Gasteiger partial charge in [-0.2, -0.15) is 0 Å².